The number of aliphatic carboxylic acids is 1. The summed E-state index contributed by atoms with van der Waals surface area (Å²) in [4.78, 5) is 14.1. The van der Waals surface area contributed by atoms with E-state index in [2.05, 4.69) is 4.98 Å². The minimum absolute atomic E-state index is 0.0761. The molecule has 1 aromatic rings. The highest BCUT2D eigenvalue weighted by Gasteiger charge is 2.11. The molecule has 0 aliphatic heterocycles. The molecular formula is C8H8ClNO2. The maximum atomic E-state index is 10.3. The molecule has 1 N–H and O–H groups in total. The lowest BCUT2D eigenvalue weighted by Gasteiger charge is -2.04. The van der Waals surface area contributed by atoms with Gasteiger partial charge in [0.2, 0.25) is 0 Å². The van der Waals surface area contributed by atoms with E-state index in [1.54, 1.807) is 24.5 Å². The van der Waals surface area contributed by atoms with Gasteiger partial charge in [-0.15, -0.1) is 11.6 Å². The van der Waals surface area contributed by atoms with Crippen LogP contribution in [0.4, 0.5) is 0 Å². The third kappa shape index (κ3) is 2.51. The summed E-state index contributed by atoms with van der Waals surface area (Å²) in [5, 5.41) is 7.95. The van der Waals surface area contributed by atoms with Gasteiger partial charge in [-0.1, -0.05) is 6.07 Å². The zero-order chi connectivity index (χ0) is 8.97. The summed E-state index contributed by atoms with van der Waals surface area (Å²) in [6.07, 6.45) is 3.11. The minimum Gasteiger partial charge on any atom is -0.481 e. The summed E-state index contributed by atoms with van der Waals surface area (Å²) in [6, 6.07) is 3.49. The van der Waals surface area contributed by atoms with Crippen LogP contribution in [0.1, 0.15) is 17.4 Å². The molecule has 0 aliphatic rings. The van der Waals surface area contributed by atoms with Gasteiger partial charge in [0.05, 0.1) is 11.8 Å². The molecule has 0 radical (unpaired) electrons. The van der Waals surface area contributed by atoms with E-state index in [1.165, 1.54) is 0 Å². The Morgan fingerprint density at radius 2 is 2.50 bits per heavy atom. The van der Waals surface area contributed by atoms with E-state index in [0.717, 1.165) is 5.56 Å². The Labute approximate surface area is 75.0 Å². The van der Waals surface area contributed by atoms with E-state index >= 15 is 0 Å². The Morgan fingerprint density at radius 1 is 1.75 bits per heavy atom. The van der Waals surface area contributed by atoms with Crippen molar-refractivity contribution in [2.45, 2.75) is 11.8 Å². The second kappa shape index (κ2) is 4.07. The molecule has 64 valence electrons. The Balaban J connectivity index is 2.65. The maximum absolute atomic E-state index is 10.3. The topological polar surface area (TPSA) is 50.2 Å². The lowest BCUT2D eigenvalue weighted by atomic mass is 10.1. The fourth-order valence-corrected chi connectivity index (χ4v) is 1.09. The molecule has 0 saturated carbocycles. The maximum Gasteiger partial charge on any atom is 0.305 e. The number of carboxylic acids is 1. The Hall–Kier alpha value is -1.09. The van der Waals surface area contributed by atoms with Crippen molar-refractivity contribution >= 4 is 17.6 Å². The van der Waals surface area contributed by atoms with Gasteiger partial charge < -0.3 is 5.11 Å². The van der Waals surface area contributed by atoms with Gasteiger partial charge in [-0.25, -0.2) is 0 Å². The van der Waals surface area contributed by atoms with Crippen molar-refractivity contribution < 1.29 is 9.90 Å². The van der Waals surface area contributed by atoms with Gasteiger partial charge in [0.15, 0.2) is 0 Å². The van der Waals surface area contributed by atoms with Crippen LogP contribution in [0.5, 0.6) is 0 Å². The molecule has 4 heteroatoms. The summed E-state index contributed by atoms with van der Waals surface area (Å²) < 4.78 is 0. The van der Waals surface area contributed by atoms with Gasteiger partial charge in [-0.05, 0) is 11.6 Å². The van der Waals surface area contributed by atoms with Crippen LogP contribution in [0.15, 0.2) is 24.5 Å². The monoisotopic (exact) mass is 185 g/mol. The highest BCUT2D eigenvalue weighted by atomic mass is 35.5. The molecule has 12 heavy (non-hydrogen) atoms. The SMILES string of the molecule is O=C(O)CC(Cl)c1cccnc1. The van der Waals surface area contributed by atoms with Crippen molar-refractivity contribution in [3.63, 3.8) is 0 Å². The van der Waals surface area contributed by atoms with Gasteiger partial charge >= 0.3 is 5.97 Å². The fraction of sp³-hybridized carbons (Fsp3) is 0.250. The average molecular weight is 186 g/mol. The molecule has 0 fully saturated rings. The van der Waals surface area contributed by atoms with Crippen molar-refractivity contribution in [1.82, 2.24) is 4.98 Å². The molecule has 3 nitrogen and oxygen atoms in total. The molecule has 0 saturated heterocycles. The third-order valence-electron chi connectivity index (χ3n) is 1.40. The predicted octanol–water partition coefficient (Wildman–Crippen LogP) is 1.84. The fourth-order valence-electron chi connectivity index (χ4n) is 0.832. The van der Waals surface area contributed by atoms with E-state index in [1.807, 2.05) is 0 Å². The first-order chi connectivity index (χ1) is 5.70. The zero-order valence-electron chi connectivity index (χ0n) is 6.27. The molecule has 1 heterocycles. The van der Waals surface area contributed by atoms with Crippen molar-refractivity contribution in [3.8, 4) is 0 Å². The first kappa shape index (κ1) is 9.00. The molecule has 1 rings (SSSR count). The van der Waals surface area contributed by atoms with Crippen LogP contribution in [0.3, 0.4) is 0 Å². The second-order valence-electron chi connectivity index (χ2n) is 2.35. The number of alkyl halides is 1. The molecule has 0 aromatic carbocycles. The quantitative estimate of drug-likeness (QED) is 0.731. The lowest BCUT2D eigenvalue weighted by molar-refractivity contribution is -0.137. The standard InChI is InChI=1S/C8H8ClNO2/c9-7(4-8(11)12)6-2-1-3-10-5-6/h1-3,5,7H,4H2,(H,11,12). The van der Waals surface area contributed by atoms with E-state index in [9.17, 15) is 4.79 Å². The highest BCUT2D eigenvalue weighted by molar-refractivity contribution is 6.21. The molecule has 0 amide bonds. The number of nitrogens with zero attached hydrogens (tertiary/aromatic N) is 1. The lowest BCUT2D eigenvalue weighted by Crippen LogP contribution is -2.00. The number of carbonyl (C=O) groups is 1. The van der Waals surface area contributed by atoms with Crippen molar-refractivity contribution in [1.29, 1.82) is 0 Å². The van der Waals surface area contributed by atoms with Gasteiger partial charge in [0.1, 0.15) is 0 Å². The summed E-state index contributed by atoms with van der Waals surface area (Å²) in [7, 11) is 0. The van der Waals surface area contributed by atoms with Crippen LogP contribution in [-0.4, -0.2) is 16.1 Å². The smallest absolute Gasteiger partial charge is 0.305 e. The Morgan fingerprint density at radius 3 is 3.00 bits per heavy atom. The third-order valence-corrected chi connectivity index (χ3v) is 1.81. The zero-order valence-corrected chi connectivity index (χ0v) is 7.03. The van der Waals surface area contributed by atoms with Crippen LogP contribution in [0.25, 0.3) is 0 Å². The summed E-state index contributed by atoms with van der Waals surface area (Å²) in [5.74, 6) is -0.904. The number of carboxylic acid groups (broad SMARTS) is 1. The number of halogens is 1. The van der Waals surface area contributed by atoms with Crippen LogP contribution < -0.4 is 0 Å². The minimum atomic E-state index is -0.904. The van der Waals surface area contributed by atoms with E-state index in [4.69, 9.17) is 16.7 Å². The molecule has 1 atom stereocenters. The van der Waals surface area contributed by atoms with Gasteiger partial charge in [-0.3, -0.25) is 9.78 Å². The number of pyridine rings is 1. The summed E-state index contributed by atoms with van der Waals surface area (Å²) in [5.41, 5.74) is 0.738. The second-order valence-corrected chi connectivity index (χ2v) is 2.88. The summed E-state index contributed by atoms with van der Waals surface area (Å²) >= 11 is 5.78. The number of rotatable bonds is 3. The number of hydrogen-bond donors (Lipinski definition) is 1. The van der Waals surface area contributed by atoms with Gasteiger partial charge in [0.25, 0.3) is 0 Å². The van der Waals surface area contributed by atoms with Crippen LogP contribution >= 0.6 is 11.6 Å². The first-order valence-corrected chi connectivity index (χ1v) is 3.89. The predicted molar refractivity (Wildman–Crippen MR) is 45.1 cm³/mol. The summed E-state index contributed by atoms with van der Waals surface area (Å²) in [6.45, 7) is 0. The number of hydrogen-bond acceptors (Lipinski definition) is 2. The highest BCUT2D eigenvalue weighted by Crippen LogP contribution is 2.22. The van der Waals surface area contributed by atoms with E-state index in [-0.39, 0.29) is 6.42 Å². The van der Waals surface area contributed by atoms with Crippen molar-refractivity contribution in [2.24, 2.45) is 0 Å². The molecule has 0 bridgehead atoms. The van der Waals surface area contributed by atoms with E-state index in [0.29, 0.717) is 0 Å². The molecule has 0 spiro atoms. The van der Waals surface area contributed by atoms with Crippen molar-refractivity contribution in [3.05, 3.63) is 30.1 Å². The van der Waals surface area contributed by atoms with Crippen molar-refractivity contribution in [2.75, 3.05) is 0 Å². The largest absolute Gasteiger partial charge is 0.481 e. The molecule has 1 aromatic heterocycles. The van der Waals surface area contributed by atoms with Gasteiger partial charge in [0, 0.05) is 12.4 Å². The van der Waals surface area contributed by atoms with Gasteiger partial charge in [-0.2, -0.15) is 0 Å². The Kier molecular flexibility index (Phi) is 3.05. The first-order valence-electron chi connectivity index (χ1n) is 3.46. The number of aromatic nitrogens is 1. The average Bonchev–Trinajstić information content (AvgIpc) is 2.05. The normalized spacial score (nSPS) is 12.4. The Bertz CT molecular complexity index is 263. The van der Waals surface area contributed by atoms with Crippen LogP contribution in [0.2, 0.25) is 0 Å². The molecule has 0 aliphatic carbocycles. The van der Waals surface area contributed by atoms with Crippen LogP contribution in [0, 0.1) is 0 Å². The van der Waals surface area contributed by atoms with E-state index < -0.39 is 11.3 Å². The van der Waals surface area contributed by atoms with Crippen LogP contribution in [-0.2, 0) is 4.79 Å². The molecular weight excluding hydrogens is 178 g/mol. The molecule has 1 unspecified atom stereocenters.